The monoisotopic (exact) mass is 615 g/mol. The van der Waals surface area contributed by atoms with Crippen LogP contribution in [0, 0.1) is 23.7 Å². The van der Waals surface area contributed by atoms with Gasteiger partial charge in [-0.25, -0.2) is 4.72 Å². The van der Waals surface area contributed by atoms with Gasteiger partial charge in [0.25, 0.3) is 5.91 Å². The topological polar surface area (TPSA) is 88.2 Å². The Morgan fingerprint density at radius 1 is 1.02 bits per heavy atom. The lowest BCUT2D eigenvalue weighted by Gasteiger charge is -2.51. The van der Waals surface area contributed by atoms with Crippen LogP contribution in [0.1, 0.15) is 66.9 Å². The van der Waals surface area contributed by atoms with Crippen molar-refractivity contribution >= 4 is 33.4 Å². The molecule has 1 N–H and O–H groups in total. The number of benzene rings is 2. The minimum atomic E-state index is -4.03. The van der Waals surface area contributed by atoms with Crippen molar-refractivity contribution < 1.29 is 22.7 Å². The molecule has 2 fully saturated rings. The van der Waals surface area contributed by atoms with E-state index in [1.807, 2.05) is 26.2 Å². The van der Waals surface area contributed by atoms with Crippen LogP contribution >= 0.6 is 11.6 Å². The van der Waals surface area contributed by atoms with E-state index >= 15 is 0 Å². The van der Waals surface area contributed by atoms with E-state index in [2.05, 4.69) is 21.8 Å². The SMILES string of the molecule is CO[C@@H]1C2CC(C2)[C@H](C)N(C)S(=O)(=O)NC(=O)c2ccc3c(c2)N(Cc2ccc(Cl)cc2CCCCO3)C[C@@H]2CC[C@H]21. The fourth-order valence-electron chi connectivity index (χ4n) is 7.45. The molecule has 2 aromatic carbocycles. The minimum absolute atomic E-state index is 0.152. The van der Waals surface area contributed by atoms with Crippen molar-refractivity contribution in [2.45, 2.75) is 70.6 Å². The van der Waals surface area contributed by atoms with Gasteiger partial charge in [-0.05, 0) is 117 Å². The van der Waals surface area contributed by atoms with E-state index < -0.39 is 16.1 Å². The highest BCUT2D eigenvalue weighted by atomic mass is 35.5. The number of nitrogens with zero attached hydrogens (tertiary/aromatic N) is 2. The number of carbonyl (C=O) groups excluding carboxylic acids is 1. The number of rotatable bonds is 1. The Morgan fingerprint density at radius 3 is 2.57 bits per heavy atom. The first kappa shape index (κ1) is 29.7. The molecule has 4 bridgehead atoms. The summed E-state index contributed by atoms with van der Waals surface area (Å²) in [6, 6.07) is 11.2. The average molecular weight is 616 g/mol. The summed E-state index contributed by atoms with van der Waals surface area (Å²) in [4.78, 5) is 15.7. The summed E-state index contributed by atoms with van der Waals surface area (Å²) in [7, 11) is -0.653. The van der Waals surface area contributed by atoms with Gasteiger partial charge in [-0.3, -0.25) is 4.79 Å². The fraction of sp³-hybridized carbons (Fsp3) is 0.594. The second-order valence-corrected chi connectivity index (χ2v) is 14.8. The van der Waals surface area contributed by atoms with Crippen molar-refractivity contribution in [1.29, 1.82) is 0 Å². The van der Waals surface area contributed by atoms with Crippen LogP contribution in [0.2, 0.25) is 5.02 Å². The minimum Gasteiger partial charge on any atom is -0.491 e. The number of aryl methyl sites for hydroxylation is 1. The summed E-state index contributed by atoms with van der Waals surface area (Å²) >= 11 is 6.42. The maximum atomic E-state index is 13.4. The molecule has 1 amide bonds. The van der Waals surface area contributed by atoms with E-state index in [4.69, 9.17) is 21.1 Å². The molecule has 0 spiro atoms. The third kappa shape index (κ3) is 5.77. The Morgan fingerprint density at radius 2 is 1.83 bits per heavy atom. The molecule has 0 saturated heterocycles. The van der Waals surface area contributed by atoms with Gasteiger partial charge in [-0.15, -0.1) is 0 Å². The van der Waals surface area contributed by atoms with E-state index in [-0.39, 0.29) is 23.6 Å². The zero-order valence-electron chi connectivity index (χ0n) is 24.7. The lowest BCUT2D eigenvalue weighted by atomic mass is 9.60. The van der Waals surface area contributed by atoms with Crippen molar-refractivity contribution in [3.8, 4) is 5.75 Å². The third-order valence-corrected chi connectivity index (χ3v) is 12.1. The number of hydrogen-bond donors (Lipinski definition) is 1. The molecular weight excluding hydrogens is 574 g/mol. The second-order valence-electron chi connectivity index (χ2n) is 12.7. The smallest absolute Gasteiger partial charge is 0.304 e. The lowest BCUT2D eigenvalue weighted by molar-refractivity contribution is -0.0901. The van der Waals surface area contributed by atoms with Gasteiger partial charge >= 0.3 is 10.2 Å². The summed E-state index contributed by atoms with van der Waals surface area (Å²) in [5.74, 6) is 1.57. The summed E-state index contributed by atoms with van der Waals surface area (Å²) in [6.45, 7) is 3.92. The number of hydrogen-bond acceptors (Lipinski definition) is 6. The summed E-state index contributed by atoms with van der Waals surface area (Å²) in [6.07, 6.45) is 7.03. The van der Waals surface area contributed by atoms with Gasteiger partial charge in [-0.2, -0.15) is 12.7 Å². The van der Waals surface area contributed by atoms with Crippen LogP contribution in [-0.2, 0) is 27.9 Å². The van der Waals surface area contributed by atoms with Crippen LogP contribution in [0.4, 0.5) is 5.69 Å². The van der Waals surface area contributed by atoms with Crippen LogP contribution in [0.3, 0.4) is 0 Å². The zero-order chi connectivity index (χ0) is 29.6. The number of amides is 1. The van der Waals surface area contributed by atoms with Crippen molar-refractivity contribution in [3.63, 3.8) is 0 Å². The van der Waals surface area contributed by atoms with Crippen molar-refractivity contribution in [2.75, 3.05) is 32.2 Å². The molecule has 0 unspecified atom stereocenters. The van der Waals surface area contributed by atoms with Gasteiger partial charge in [0.05, 0.1) is 18.4 Å². The van der Waals surface area contributed by atoms with Crippen LogP contribution in [0.5, 0.6) is 5.75 Å². The number of methoxy groups -OCH3 is 1. The lowest BCUT2D eigenvalue weighted by Crippen LogP contribution is -2.54. The highest BCUT2D eigenvalue weighted by molar-refractivity contribution is 7.87. The molecule has 2 aliphatic carbocycles. The Hall–Kier alpha value is -2.33. The first-order valence-corrected chi connectivity index (χ1v) is 17.1. The molecule has 3 aliphatic heterocycles. The number of ether oxygens (including phenoxy) is 2. The highest BCUT2D eigenvalue weighted by Gasteiger charge is 2.48. The van der Waals surface area contributed by atoms with Crippen LogP contribution in [-0.4, -0.2) is 58.1 Å². The maximum Gasteiger partial charge on any atom is 0.304 e. The molecule has 3 heterocycles. The van der Waals surface area contributed by atoms with Gasteiger partial charge in [-0.1, -0.05) is 17.7 Å². The Balaban J connectivity index is 1.44. The quantitative estimate of drug-likeness (QED) is 0.460. The molecule has 228 valence electrons. The maximum absolute atomic E-state index is 13.4. The molecule has 42 heavy (non-hydrogen) atoms. The van der Waals surface area contributed by atoms with Crippen molar-refractivity contribution in [3.05, 3.63) is 58.1 Å². The van der Waals surface area contributed by atoms with E-state index in [0.717, 1.165) is 62.2 Å². The number of anilines is 1. The van der Waals surface area contributed by atoms with Gasteiger partial charge in [0.1, 0.15) is 5.75 Å². The molecule has 4 atom stereocenters. The average Bonchev–Trinajstić information content (AvgIpc) is 2.95. The fourth-order valence-corrected chi connectivity index (χ4v) is 8.75. The van der Waals surface area contributed by atoms with Crippen molar-refractivity contribution in [2.24, 2.45) is 23.7 Å². The molecule has 2 aromatic rings. The highest BCUT2D eigenvalue weighted by Crippen LogP contribution is 2.49. The van der Waals surface area contributed by atoms with Gasteiger partial charge in [0, 0.05) is 43.9 Å². The van der Waals surface area contributed by atoms with Crippen LogP contribution in [0.25, 0.3) is 0 Å². The molecular formula is C32H42ClN3O5S. The first-order valence-electron chi connectivity index (χ1n) is 15.3. The molecule has 2 saturated carbocycles. The predicted molar refractivity (Wildman–Crippen MR) is 164 cm³/mol. The van der Waals surface area contributed by atoms with E-state index in [1.165, 1.54) is 15.4 Å². The molecule has 8 nitrogen and oxygen atoms in total. The number of nitrogens with one attached hydrogen (secondary N) is 1. The van der Waals surface area contributed by atoms with Crippen LogP contribution < -0.4 is 14.4 Å². The van der Waals surface area contributed by atoms with E-state index in [1.54, 1.807) is 19.2 Å². The number of fused-ring (bicyclic) bond motifs is 5. The molecule has 5 aliphatic rings. The van der Waals surface area contributed by atoms with Gasteiger partial charge in [0.15, 0.2) is 0 Å². The number of halogens is 1. The summed E-state index contributed by atoms with van der Waals surface area (Å²) < 4.78 is 42.7. The molecule has 0 radical (unpaired) electrons. The van der Waals surface area contributed by atoms with Crippen LogP contribution in [0.15, 0.2) is 36.4 Å². The largest absolute Gasteiger partial charge is 0.491 e. The second kappa shape index (κ2) is 12.0. The third-order valence-electron chi connectivity index (χ3n) is 10.3. The summed E-state index contributed by atoms with van der Waals surface area (Å²) in [5, 5.41) is 0.730. The Bertz CT molecular complexity index is 1430. The van der Waals surface area contributed by atoms with E-state index in [9.17, 15) is 13.2 Å². The van der Waals surface area contributed by atoms with Crippen molar-refractivity contribution in [1.82, 2.24) is 9.03 Å². The Kier molecular flexibility index (Phi) is 8.48. The number of carbonyl (C=O) groups is 1. The van der Waals surface area contributed by atoms with Gasteiger partial charge in [0.2, 0.25) is 0 Å². The summed E-state index contributed by atoms with van der Waals surface area (Å²) in [5.41, 5.74) is 3.53. The first-order chi connectivity index (χ1) is 20.1. The molecule has 10 heteroatoms. The Labute approximate surface area is 254 Å². The normalized spacial score (nSPS) is 31.6. The standard InChI is InChI=1S/C32H42ClN3O5S/c1-20-25-14-26(15-25)31(40-3)28-11-8-24(28)19-36-18-23-7-10-27(33)16-21(23)6-4-5-13-41-30-12-9-22(17-29(30)36)32(37)34-42(38,39)35(20)2/h7,9-10,12,16-17,20,24-26,28,31H,4-6,8,11,13-15,18-19H2,1-3H3,(H,34,37)/t20-,24-,25?,26?,28+,31+/m0/s1. The molecule has 0 aromatic heterocycles. The van der Waals surface area contributed by atoms with Gasteiger partial charge < -0.3 is 14.4 Å². The zero-order valence-corrected chi connectivity index (χ0v) is 26.3. The molecule has 7 rings (SSSR count). The predicted octanol–water partition coefficient (Wildman–Crippen LogP) is 5.44. The van der Waals surface area contributed by atoms with E-state index in [0.29, 0.717) is 36.7 Å².